The summed E-state index contributed by atoms with van der Waals surface area (Å²) in [5, 5.41) is 3.34. The van der Waals surface area contributed by atoms with Crippen LogP contribution in [0.3, 0.4) is 0 Å². The molecule has 4 heteroatoms. The van der Waals surface area contributed by atoms with Gasteiger partial charge < -0.3 is 5.32 Å². The number of anilines is 2. The Balaban J connectivity index is 1.97. The Hall–Kier alpha value is -2.20. The smallest absolute Gasteiger partial charge is 0.161 e. The Morgan fingerprint density at radius 2 is 1.68 bits per heavy atom. The first kappa shape index (κ1) is 14.7. The van der Waals surface area contributed by atoms with Crippen molar-refractivity contribution >= 4 is 27.4 Å². The maximum absolute atomic E-state index is 4.64. The van der Waals surface area contributed by atoms with Gasteiger partial charge >= 0.3 is 0 Å². The number of aryl methyl sites for hydroxylation is 1. The van der Waals surface area contributed by atoms with Crippen LogP contribution in [0.2, 0.25) is 0 Å². The molecule has 3 rings (SSSR count). The first-order chi connectivity index (χ1) is 10.7. The van der Waals surface area contributed by atoms with Crippen molar-refractivity contribution in [1.82, 2.24) is 9.97 Å². The first-order valence-corrected chi connectivity index (χ1v) is 8.00. The van der Waals surface area contributed by atoms with Gasteiger partial charge in [-0.2, -0.15) is 0 Å². The van der Waals surface area contributed by atoms with E-state index in [-0.39, 0.29) is 0 Å². The molecule has 3 nitrogen and oxygen atoms in total. The van der Waals surface area contributed by atoms with Crippen molar-refractivity contribution in [1.29, 1.82) is 0 Å². The number of halogens is 1. The van der Waals surface area contributed by atoms with Crippen LogP contribution in [-0.2, 0) is 6.42 Å². The standard InChI is InChI=1S/C18H16BrN3/c1-2-15-12-17(20-16-6-4-3-5-7-16)22-18(21-15)13-8-10-14(19)11-9-13/h3-12H,2H2,1H3,(H,20,21,22). The third kappa shape index (κ3) is 3.52. The van der Waals surface area contributed by atoms with E-state index in [0.29, 0.717) is 0 Å². The number of nitrogens with one attached hydrogen (secondary N) is 1. The molecule has 0 fully saturated rings. The number of hydrogen-bond donors (Lipinski definition) is 1. The molecule has 22 heavy (non-hydrogen) atoms. The second-order valence-corrected chi connectivity index (χ2v) is 5.84. The van der Waals surface area contributed by atoms with Crippen molar-refractivity contribution < 1.29 is 0 Å². The summed E-state index contributed by atoms with van der Waals surface area (Å²) in [6, 6.07) is 20.1. The van der Waals surface area contributed by atoms with E-state index >= 15 is 0 Å². The Kier molecular flexibility index (Phi) is 4.49. The van der Waals surface area contributed by atoms with Crippen LogP contribution in [0.25, 0.3) is 11.4 Å². The predicted molar refractivity (Wildman–Crippen MR) is 94.3 cm³/mol. The monoisotopic (exact) mass is 353 g/mol. The topological polar surface area (TPSA) is 37.8 Å². The molecule has 110 valence electrons. The Morgan fingerprint density at radius 1 is 0.955 bits per heavy atom. The van der Waals surface area contributed by atoms with Crippen LogP contribution >= 0.6 is 15.9 Å². The van der Waals surface area contributed by atoms with Gasteiger partial charge in [0.25, 0.3) is 0 Å². The molecule has 1 N–H and O–H groups in total. The summed E-state index contributed by atoms with van der Waals surface area (Å²) in [5.41, 5.74) is 3.05. The average Bonchev–Trinajstić information content (AvgIpc) is 2.56. The van der Waals surface area contributed by atoms with Crippen molar-refractivity contribution in [2.75, 3.05) is 5.32 Å². The van der Waals surface area contributed by atoms with E-state index in [1.807, 2.05) is 60.7 Å². The Bertz CT molecular complexity index is 755. The quantitative estimate of drug-likeness (QED) is 0.699. The van der Waals surface area contributed by atoms with E-state index in [9.17, 15) is 0 Å². The summed E-state index contributed by atoms with van der Waals surface area (Å²) >= 11 is 3.45. The van der Waals surface area contributed by atoms with Crippen molar-refractivity contribution in [3.05, 3.63) is 70.8 Å². The summed E-state index contributed by atoms with van der Waals surface area (Å²) < 4.78 is 1.05. The lowest BCUT2D eigenvalue weighted by molar-refractivity contribution is 1.01. The fraction of sp³-hybridized carbons (Fsp3) is 0.111. The highest BCUT2D eigenvalue weighted by Crippen LogP contribution is 2.22. The van der Waals surface area contributed by atoms with Gasteiger partial charge in [-0.25, -0.2) is 9.97 Å². The van der Waals surface area contributed by atoms with Gasteiger partial charge in [-0.15, -0.1) is 0 Å². The Labute approximate surface area is 138 Å². The number of nitrogens with zero attached hydrogens (tertiary/aromatic N) is 2. The van der Waals surface area contributed by atoms with E-state index in [1.54, 1.807) is 0 Å². The maximum atomic E-state index is 4.64. The number of hydrogen-bond acceptors (Lipinski definition) is 3. The van der Waals surface area contributed by atoms with E-state index in [0.717, 1.165) is 39.5 Å². The van der Waals surface area contributed by atoms with Gasteiger partial charge in [0, 0.05) is 27.5 Å². The lowest BCUT2D eigenvalue weighted by Gasteiger charge is -2.09. The maximum Gasteiger partial charge on any atom is 0.161 e. The average molecular weight is 354 g/mol. The van der Waals surface area contributed by atoms with Crippen LogP contribution in [0.5, 0.6) is 0 Å². The molecule has 0 radical (unpaired) electrons. The molecule has 0 bridgehead atoms. The van der Waals surface area contributed by atoms with Gasteiger partial charge in [0.05, 0.1) is 0 Å². The second kappa shape index (κ2) is 6.71. The van der Waals surface area contributed by atoms with E-state index in [1.165, 1.54) is 0 Å². The lowest BCUT2D eigenvalue weighted by Crippen LogP contribution is -2.00. The van der Waals surface area contributed by atoms with Gasteiger partial charge in [0.1, 0.15) is 5.82 Å². The molecule has 0 saturated heterocycles. The molecule has 0 unspecified atom stereocenters. The lowest BCUT2D eigenvalue weighted by atomic mass is 10.2. The van der Waals surface area contributed by atoms with Gasteiger partial charge in [-0.3, -0.25) is 0 Å². The third-order valence-corrected chi connectivity index (χ3v) is 3.82. The molecule has 0 aliphatic carbocycles. The minimum Gasteiger partial charge on any atom is -0.340 e. The van der Waals surface area contributed by atoms with Crippen LogP contribution in [0, 0.1) is 0 Å². The van der Waals surface area contributed by atoms with Crippen molar-refractivity contribution in [2.45, 2.75) is 13.3 Å². The predicted octanol–water partition coefficient (Wildman–Crippen LogP) is 5.21. The molecular formula is C18H16BrN3. The molecule has 0 aliphatic heterocycles. The fourth-order valence-corrected chi connectivity index (χ4v) is 2.40. The second-order valence-electron chi connectivity index (χ2n) is 4.92. The van der Waals surface area contributed by atoms with Crippen LogP contribution in [-0.4, -0.2) is 9.97 Å². The van der Waals surface area contributed by atoms with Crippen LogP contribution in [0.1, 0.15) is 12.6 Å². The molecule has 0 spiro atoms. The zero-order valence-electron chi connectivity index (χ0n) is 12.3. The number of para-hydroxylation sites is 1. The number of benzene rings is 2. The molecule has 1 aromatic heterocycles. The van der Waals surface area contributed by atoms with Gasteiger partial charge in [0.2, 0.25) is 0 Å². The molecule has 3 aromatic rings. The molecular weight excluding hydrogens is 338 g/mol. The summed E-state index contributed by atoms with van der Waals surface area (Å²) in [7, 11) is 0. The zero-order valence-corrected chi connectivity index (χ0v) is 13.8. The molecule has 0 amide bonds. The van der Waals surface area contributed by atoms with Crippen LogP contribution in [0.4, 0.5) is 11.5 Å². The van der Waals surface area contributed by atoms with E-state index in [4.69, 9.17) is 0 Å². The zero-order chi connectivity index (χ0) is 15.4. The van der Waals surface area contributed by atoms with Crippen molar-refractivity contribution in [3.8, 4) is 11.4 Å². The summed E-state index contributed by atoms with van der Waals surface area (Å²) in [6.07, 6.45) is 0.871. The molecule has 2 aromatic carbocycles. The number of aromatic nitrogens is 2. The summed E-state index contributed by atoms with van der Waals surface area (Å²) in [4.78, 5) is 9.27. The van der Waals surface area contributed by atoms with E-state index in [2.05, 4.69) is 38.1 Å². The third-order valence-electron chi connectivity index (χ3n) is 3.29. The normalized spacial score (nSPS) is 10.5. The van der Waals surface area contributed by atoms with E-state index < -0.39 is 0 Å². The minimum atomic E-state index is 0.741. The number of rotatable bonds is 4. The van der Waals surface area contributed by atoms with Crippen LogP contribution < -0.4 is 5.32 Å². The van der Waals surface area contributed by atoms with Gasteiger partial charge in [-0.1, -0.05) is 53.2 Å². The minimum absolute atomic E-state index is 0.741. The highest BCUT2D eigenvalue weighted by Gasteiger charge is 2.06. The van der Waals surface area contributed by atoms with Crippen molar-refractivity contribution in [2.24, 2.45) is 0 Å². The summed E-state index contributed by atoms with van der Waals surface area (Å²) in [5.74, 6) is 1.56. The van der Waals surface area contributed by atoms with Gasteiger partial charge in [-0.05, 0) is 30.7 Å². The SMILES string of the molecule is CCc1cc(Nc2ccccc2)nc(-c2ccc(Br)cc2)n1. The molecule has 1 heterocycles. The van der Waals surface area contributed by atoms with Crippen LogP contribution in [0.15, 0.2) is 65.1 Å². The highest BCUT2D eigenvalue weighted by molar-refractivity contribution is 9.10. The Morgan fingerprint density at radius 3 is 2.36 bits per heavy atom. The summed E-state index contributed by atoms with van der Waals surface area (Å²) in [6.45, 7) is 2.10. The van der Waals surface area contributed by atoms with Crippen molar-refractivity contribution in [3.63, 3.8) is 0 Å². The highest BCUT2D eigenvalue weighted by atomic mass is 79.9. The fourth-order valence-electron chi connectivity index (χ4n) is 2.14. The van der Waals surface area contributed by atoms with Gasteiger partial charge in [0.15, 0.2) is 5.82 Å². The molecule has 0 atom stereocenters. The largest absolute Gasteiger partial charge is 0.340 e. The molecule has 0 aliphatic rings. The molecule has 0 saturated carbocycles. The first-order valence-electron chi connectivity index (χ1n) is 7.20.